The van der Waals surface area contributed by atoms with Crippen LogP contribution in [0.5, 0.6) is 0 Å². The van der Waals surface area contributed by atoms with E-state index in [4.69, 9.17) is 5.73 Å². The molecule has 6 heteroatoms. The number of hydrogen-bond donors (Lipinski definition) is 2. The number of carbonyl (C=O) groups excluding carboxylic acids is 1. The van der Waals surface area contributed by atoms with E-state index in [2.05, 4.69) is 15.4 Å². The lowest BCUT2D eigenvalue weighted by Gasteiger charge is -2.05. The maximum absolute atomic E-state index is 11.9. The van der Waals surface area contributed by atoms with E-state index in [0.717, 1.165) is 0 Å². The molecule has 2 aromatic heterocycles. The SMILES string of the molecule is CC(C)n1ccc(NC(=O)c2ccnc(N)c2)n1. The second kappa shape index (κ2) is 4.87. The zero-order valence-electron chi connectivity index (χ0n) is 10.3. The van der Waals surface area contributed by atoms with Gasteiger partial charge in [0, 0.05) is 30.1 Å². The third-order valence-corrected chi connectivity index (χ3v) is 2.42. The Morgan fingerprint density at radius 3 is 2.83 bits per heavy atom. The summed E-state index contributed by atoms with van der Waals surface area (Å²) in [4.78, 5) is 15.7. The third kappa shape index (κ3) is 2.65. The zero-order chi connectivity index (χ0) is 13.1. The van der Waals surface area contributed by atoms with Crippen LogP contribution in [0.2, 0.25) is 0 Å². The summed E-state index contributed by atoms with van der Waals surface area (Å²) in [6.07, 6.45) is 3.32. The van der Waals surface area contributed by atoms with Crippen LogP contribution in [0.25, 0.3) is 0 Å². The van der Waals surface area contributed by atoms with Gasteiger partial charge >= 0.3 is 0 Å². The first kappa shape index (κ1) is 12.1. The number of hydrogen-bond acceptors (Lipinski definition) is 4. The lowest BCUT2D eigenvalue weighted by molar-refractivity contribution is 0.102. The van der Waals surface area contributed by atoms with Crippen LogP contribution in [0.1, 0.15) is 30.2 Å². The minimum Gasteiger partial charge on any atom is -0.384 e. The Kier molecular flexibility index (Phi) is 3.27. The molecule has 1 amide bonds. The Hall–Kier alpha value is -2.37. The predicted octanol–water partition coefficient (Wildman–Crippen LogP) is 1.69. The molecular formula is C12H15N5O. The largest absolute Gasteiger partial charge is 0.384 e. The van der Waals surface area contributed by atoms with Gasteiger partial charge in [0.15, 0.2) is 5.82 Å². The number of nitrogens with one attached hydrogen (secondary N) is 1. The number of amides is 1. The molecule has 3 N–H and O–H groups in total. The summed E-state index contributed by atoms with van der Waals surface area (Å²) in [7, 11) is 0. The summed E-state index contributed by atoms with van der Waals surface area (Å²) in [5.74, 6) is 0.581. The Bertz CT molecular complexity index is 561. The van der Waals surface area contributed by atoms with Crippen LogP contribution in [0.3, 0.4) is 0 Å². The van der Waals surface area contributed by atoms with Crippen molar-refractivity contribution >= 4 is 17.5 Å². The summed E-state index contributed by atoms with van der Waals surface area (Å²) in [6.45, 7) is 4.03. The van der Waals surface area contributed by atoms with Gasteiger partial charge in [0.25, 0.3) is 5.91 Å². The van der Waals surface area contributed by atoms with Crippen molar-refractivity contribution < 1.29 is 4.79 Å². The van der Waals surface area contributed by atoms with Crippen molar-refractivity contribution in [3.05, 3.63) is 36.2 Å². The minimum atomic E-state index is -0.252. The molecule has 18 heavy (non-hydrogen) atoms. The first-order valence-corrected chi connectivity index (χ1v) is 5.64. The van der Waals surface area contributed by atoms with Crippen LogP contribution in [0.4, 0.5) is 11.6 Å². The Morgan fingerprint density at radius 1 is 1.44 bits per heavy atom. The fourth-order valence-corrected chi connectivity index (χ4v) is 1.47. The lowest BCUT2D eigenvalue weighted by atomic mass is 10.2. The minimum absolute atomic E-state index is 0.252. The Morgan fingerprint density at radius 2 is 2.22 bits per heavy atom. The van der Waals surface area contributed by atoms with Crippen LogP contribution in [-0.4, -0.2) is 20.7 Å². The highest BCUT2D eigenvalue weighted by Gasteiger charge is 2.09. The number of anilines is 2. The van der Waals surface area contributed by atoms with E-state index in [1.54, 1.807) is 16.8 Å². The summed E-state index contributed by atoms with van der Waals surface area (Å²) in [6, 6.07) is 5.13. The lowest BCUT2D eigenvalue weighted by Crippen LogP contribution is -2.13. The number of aromatic nitrogens is 3. The maximum Gasteiger partial charge on any atom is 0.257 e. The topological polar surface area (TPSA) is 85.8 Å². The van der Waals surface area contributed by atoms with E-state index < -0.39 is 0 Å². The molecule has 0 saturated carbocycles. The highest BCUT2D eigenvalue weighted by atomic mass is 16.1. The van der Waals surface area contributed by atoms with Gasteiger partial charge in [-0.25, -0.2) is 4.98 Å². The van der Waals surface area contributed by atoms with Gasteiger partial charge in [-0.05, 0) is 26.0 Å². The van der Waals surface area contributed by atoms with E-state index in [1.165, 1.54) is 12.3 Å². The van der Waals surface area contributed by atoms with Crippen LogP contribution >= 0.6 is 0 Å². The second-order valence-corrected chi connectivity index (χ2v) is 4.20. The number of rotatable bonds is 3. The predicted molar refractivity (Wildman–Crippen MR) is 69.2 cm³/mol. The van der Waals surface area contributed by atoms with E-state index in [1.807, 2.05) is 20.0 Å². The van der Waals surface area contributed by atoms with Gasteiger partial charge in [0.05, 0.1) is 0 Å². The monoisotopic (exact) mass is 245 g/mol. The molecule has 2 aromatic rings. The maximum atomic E-state index is 11.9. The molecule has 0 saturated heterocycles. The number of carbonyl (C=O) groups is 1. The fraction of sp³-hybridized carbons (Fsp3) is 0.250. The summed E-state index contributed by atoms with van der Waals surface area (Å²) in [5.41, 5.74) is 5.98. The normalized spacial score (nSPS) is 10.6. The zero-order valence-corrected chi connectivity index (χ0v) is 10.3. The smallest absolute Gasteiger partial charge is 0.257 e. The van der Waals surface area contributed by atoms with Crippen molar-refractivity contribution in [3.63, 3.8) is 0 Å². The molecule has 0 fully saturated rings. The van der Waals surface area contributed by atoms with E-state index in [-0.39, 0.29) is 11.9 Å². The average Bonchev–Trinajstić information content (AvgIpc) is 2.77. The Balaban J connectivity index is 2.11. The van der Waals surface area contributed by atoms with Gasteiger partial charge in [-0.1, -0.05) is 0 Å². The molecule has 2 heterocycles. The molecule has 0 bridgehead atoms. The van der Waals surface area contributed by atoms with Gasteiger partial charge in [0.2, 0.25) is 0 Å². The van der Waals surface area contributed by atoms with Gasteiger partial charge in [-0.15, -0.1) is 0 Å². The highest BCUT2D eigenvalue weighted by Crippen LogP contribution is 2.10. The third-order valence-electron chi connectivity index (χ3n) is 2.42. The molecule has 0 unspecified atom stereocenters. The molecular weight excluding hydrogens is 230 g/mol. The quantitative estimate of drug-likeness (QED) is 0.861. The second-order valence-electron chi connectivity index (χ2n) is 4.20. The highest BCUT2D eigenvalue weighted by molar-refractivity contribution is 6.04. The molecule has 0 aliphatic heterocycles. The average molecular weight is 245 g/mol. The molecule has 0 atom stereocenters. The van der Waals surface area contributed by atoms with Crippen molar-refractivity contribution in [2.75, 3.05) is 11.1 Å². The summed E-state index contributed by atoms with van der Waals surface area (Å²) in [5, 5.41) is 6.94. The number of nitrogens with zero attached hydrogens (tertiary/aromatic N) is 3. The van der Waals surface area contributed by atoms with Crippen LogP contribution in [-0.2, 0) is 0 Å². The Labute approximate surface area is 105 Å². The number of pyridine rings is 1. The van der Waals surface area contributed by atoms with E-state index in [0.29, 0.717) is 17.2 Å². The van der Waals surface area contributed by atoms with E-state index >= 15 is 0 Å². The summed E-state index contributed by atoms with van der Waals surface area (Å²) < 4.78 is 1.77. The van der Waals surface area contributed by atoms with Crippen molar-refractivity contribution in [1.82, 2.24) is 14.8 Å². The van der Waals surface area contributed by atoms with Crippen molar-refractivity contribution in [3.8, 4) is 0 Å². The van der Waals surface area contributed by atoms with Crippen molar-refractivity contribution in [1.29, 1.82) is 0 Å². The number of nitrogens with two attached hydrogens (primary N) is 1. The van der Waals surface area contributed by atoms with E-state index in [9.17, 15) is 4.79 Å². The van der Waals surface area contributed by atoms with Gasteiger partial charge < -0.3 is 11.1 Å². The molecule has 0 aliphatic carbocycles. The van der Waals surface area contributed by atoms with Gasteiger partial charge in [0.1, 0.15) is 5.82 Å². The summed E-state index contributed by atoms with van der Waals surface area (Å²) >= 11 is 0. The molecule has 0 aromatic carbocycles. The molecule has 94 valence electrons. The molecule has 2 rings (SSSR count). The molecule has 0 aliphatic rings. The van der Waals surface area contributed by atoms with Crippen LogP contribution in [0, 0.1) is 0 Å². The standard InChI is InChI=1S/C12H15N5O/c1-8(2)17-6-4-11(16-17)15-12(18)9-3-5-14-10(13)7-9/h3-8H,1-2H3,(H2,13,14)(H,15,16,18). The fourth-order valence-electron chi connectivity index (χ4n) is 1.47. The van der Waals surface area contributed by atoms with Gasteiger partial charge in [-0.2, -0.15) is 5.10 Å². The van der Waals surface area contributed by atoms with Gasteiger partial charge in [-0.3, -0.25) is 9.48 Å². The van der Waals surface area contributed by atoms with Crippen LogP contribution < -0.4 is 11.1 Å². The van der Waals surface area contributed by atoms with Crippen molar-refractivity contribution in [2.45, 2.75) is 19.9 Å². The first-order chi connectivity index (χ1) is 8.56. The first-order valence-electron chi connectivity index (χ1n) is 5.64. The molecule has 0 spiro atoms. The van der Waals surface area contributed by atoms with Crippen molar-refractivity contribution in [2.24, 2.45) is 0 Å². The molecule has 6 nitrogen and oxygen atoms in total. The number of nitrogen functional groups attached to an aromatic ring is 1. The van der Waals surface area contributed by atoms with Crippen LogP contribution in [0.15, 0.2) is 30.6 Å². The molecule has 0 radical (unpaired) electrons.